The summed E-state index contributed by atoms with van der Waals surface area (Å²) in [6.07, 6.45) is 0. The van der Waals surface area contributed by atoms with Crippen LogP contribution in [0.25, 0.3) is 22.4 Å². The topological polar surface area (TPSA) is 54.7 Å². The van der Waals surface area contributed by atoms with Crippen LogP contribution >= 0.6 is 15.9 Å². The zero-order valence-corrected chi connectivity index (χ0v) is 11.5. The summed E-state index contributed by atoms with van der Waals surface area (Å²) in [6.45, 7) is 0.480. The van der Waals surface area contributed by atoms with Crippen LogP contribution in [0.1, 0.15) is 5.56 Å². The van der Waals surface area contributed by atoms with Gasteiger partial charge in [0.1, 0.15) is 11.6 Å². The number of benzene rings is 2. The second kappa shape index (κ2) is 4.75. The van der Waals surface area contributed by atoms with Crippen molar-refractivity contribution in [3.05, 3.63) is 52.3 Å². The number of hydrogen-bond acceptors (Lipinski definition) is 2. The lowest BCUT2D eigenvalue weighted by Gasteiger charge is -1.99. The third-order valence-corrected chi connectivity index (χ3v) is 3.57. The van der Waals surface area contributed by atoms with E-state index >= 15 is 0 Å². The number of aromatic amines is 1. The van der Waals surface area contributed by atoms with Crippen LogP contribution in [0, 0.1) is 5.82 Å². The zero-order chi connectivity index (χ0) is 13.4. The third kappa shape index (κ3) is 2.27. The van der Waals surface area contributed by atoms with Gasteiger partial charge >= 0.3 is 0 Å². The summed E-state index contributed by atoms with van der Waals surface area (Å²) in [5, 5.41) is 0. The van der Waals surface area contributed by atoms with Gasteiger partial charge in [0.25, 0.3) is 0 Å². The second-order valence-corrected chi connectivity index (χ2v) is 5.13. The molecule has 0 fully saturated rings. The maximum Gasteiger partial charge on any atom is 0.139 e. The maximum atomic E-state index is 13.5. The molecule has 0 aliphatic heterocycles. The molecule has 0 spiro atoms. The highest BCUT2D eigenvalue weighted by Crippen LogP contribution is 2.25. The second-order valence-electron chi connectivity index (χ2n) is 4.27. The van der Waals surface area contributed by atoms with Gasteiger partial charge in [-0.2, -0.15) is 0 Å². The highest BCUT2D eigenvalue weighted by molar-refractivity contribution is 9.10. The minimum Gasteiger partial charge on any atom is -0.338 e. The van der Waals surface area contributed by atoms with E-state index in [2.05, 4.69) is 25.9 Å². The largest absolute Gasteiger partial charge is 0.338 e. The molecule has 3 aromatic rings. The number of nitrogens with one attached hydrogen (secondary N) is 1. The Kier molecular flexibility index (Phi) is 3.08. The monoisotopic (exact) mass is 319 g/mol. The predicted octanol–water partition coefficient (Wildman–Crippen LogP) is 3.59. The lowest BCUT2D eigenvalue weighted by Crippen LogP contribution is -1.95. The van der Waals surface area contributed by atoms with E-state index in [1.807, 2.05) is 24.3 Å². The summed E-state index contributed by atoms with van der Waals surface area (Å²) < 4.78 is 13.9. The van der Waals surface area contributed by atoms with Gasteiger partial charge in [-0.05, 0) is 33.6 Å². The van der Waals surface area contributed by atoms with Crippen LogP contribution in [0.2, 0.25) is 0 Å². The Labute approximate surface area is 117 Å². The van der Waals surface area contributed by atoms with E-state index in [1.165, 1.54) is 6.07 Å². The van der Waals surface area contributed by atoms with Crippen LogP contribution in [-0.2, 0) is 6.54 Å². The maximum absolute atomic E-state index is 13.5. The average Bonchev–Trinajstić information content (AvgIpc) is 2.82. The summed E-state index contributed by atoms with van der Waals surface area (Å²) in [4.78, 5) is 7.59. The first-order valence-electron chi connectivity index (χ1n) is 5.81. The Bertz CT molecular complexity index is 713. The molecule has 0 bridgehead atoms. The summed E-state index contributed by atoms with van der Waals surface area (Å²) in [5.74, 6) is 0.404. The van der Waals surface area contributed by atoms with Crippen molar-refractivity contribution in [3.63, 3.8) is 0 Å². The highest BCUT2D eigenvalue weighted by Gasteiger charge is 2.09. The lowest BCUT2D eigenvalue weighted by molar-refractivity contribution is 0.623. The predicted molar refractivity (Wildman–Crippen MR) is 77.1 cm³/mol. The van der Waals surface area contributed by atoms with Crippen LogP contribution in [0.4, 0.5) is 4.39 Å². The number of hydrogen-bond donors (Lipinski definition) is 2. The van der Waals surface area contributed by atoms with E-state index < -0.39 is 0 Å². The van der Waals surface area contributed by atoms with Gasteiger partial charge in [-0.25, -0.2) is 9.37 Å². The molecule has 2 aromatic carbocycles. The molecule has 0 amide bonds. The van der Waals surface area contributed by atoms with Gasteiger partial charge < -0.3 is 10.7 Å². The molecule has 0 aliphatic rings. The van der Waals surface area contributed by atoms with E-state index in [9.17, 15) is 4.39 Å². The first-order chi connectivity index (χ1) is 9.17. The summed E-state index contributed by atoms with van der Waals surface area (Å²) in [5.41, 5.74) is 9.00. The molecule has 3 nitrogen and oxygen atoms in total. The number of aromatic nitrogens is 2. The van der Waals surface area contributed by atoms with E-state index in [1.54, 1.807) is 6.07 Å². The first kappa shape index (κ1) is 12.3. The zero-order valence-electron chi connectivity index (χ0n) is 9.95. The fraction of sp³-hybridized carbons (Fsp3) is 0.0714. The van der Waals surface area contributed by atoms with Crippen molar-refractivity contribution >= 4 is 27.0 Å². The molecule has 3 rings (SSSR count). The molecule has 0 atom stereocenters. The van der Waals surface area contributed by atoms with Crippen molar-refractivity contribution in [1.82, 2.24) is 9.97 Å². The normalized spacial score (nSPS) is 11.1. The first-order valence-corrected chi connectivity index (χ1v) is 6.61. The van der Waals surface area contributed by atoms with Crippen LogP contribution < -0.4 is 5.73 Å². The van der Waals surface area contributed by atoms with Crippen LogP contribution in [0.15, 0.2) is 40.9 Å². The Morgan fingerprint density at radius 1 is 1.26 bits per heavy atom. The Balaban J connectivity index is 2.14. The molecule has 0 radical (unpaired) electrons. The van der Waals surface area contributed by atoms with Crippen molar-refractivity contribution in [2.75, 3.05) is 0 Å². The van der Waals surface area contributed by atoms with Gasteiger partial charge in [0.15, 0.2) is 0 Å². The number of rotatable bonds is 2. The van der Waals surface area contributed by atoms with Crippen molar-refractivity contribution in [2.24, 2.45) is 5.73 Å². The van der Waals surface area contributed by atoms with Gasteiger partial charge in [-0.15, -0.1) is 0 Å². The number of imidazole rings is 1. The molecule has 19 heavy (non-hydrogen) atoms. The van der Waals surface area contributed by atoms with E-state index in [0.29, 0.717) is 22.4 Å². The molecule has 96 valence electrons. The highest BCUT2D eigenvalue weighted by atomic mass is 79.9. The fourth-order valence-corrected chi connectivity index (χ4v) is 2.32. The van der Waals surface area contributed by atoms with E-state index in [0.717, 1.165) is 16.6 Å². The van der Waals surface area contributed by atoms with Crippen LogP contribution in [0.3, 0.4) is 0 Å². The van der Waals surface area contributed by atoms with E-state index in [4.69, 9.17) is 5.73 Å². The molecule has 5 heteroatoms. The Morgan fingerprint density at radius 2 is 2.11 bits per heavy atom. The summed E-state index contributed by atoms with van der Waals surface area (Å²) in [6, 6.07) is 10.9. The molecule has 1 heterocycles. The third-order valence-electron chi connectivity index (χ3n) is 2.96. The molecular formula is C14H11BrFN3. The average molecular weight is 320 g/mol. The number of nitrogens with two attached hydrogens (primary N) is 1. The van der Waals surface area contributed by atoms with Gasteiger partial charge in [0.2, 0.25) is 0 Å². The molecule has 0 aliphatic carbocycles. The minimum absolute atomic E-state index is 0.307. The molecule has 1 aromatic heterocycles. The fourth-order valence-electron chi connectivity index (χ4n) is 1.99. The molecule has 0 saturated carbocycles. The number of halogens is 2. The van der Waals surface area contributed by atoms with Gasteiger partial charge in [-0.3, -0.25) is 0 Å². The molecule has 3 N–H and O–H groups in total. The molecule has 0 unspecified atom stereocenters. The minimum atomic E-state index is -0.307. The van der Waals surface area contributed by atoms with Crippen molar-refractivity contribution in [3.8, 4) is 11.4 Å². The summed E-state index contributed by atoms with van der Waals surface area (Å²) in [7, 11) is 0. The van der Waals surface area contributed by atoms with Gasteiger partial charge in [0, 0.05) is 18.2 Å². The Morgan fingerprint density at radius 3 is 2.89 bits per heavy atom. The lowest BCUT2D eigenvalue weighted by atomic mass is 10.1. The number of fused-ring (bicyclic) bond motifs is 1. The summed E-state index contributed by atoms with van der Waals surface area (Å²) >= 11 is 3.16. The molecule has 0 saturated heterocycles. The SMILES string of the molecule is NCc1cccc(-c2nc3cc(Br)c(F)cc3[nH]2)c1. The van der Waals surface area contributed by atoms with Gasteiger partial charge in [0.05, 0.1) is 15.5 Å². The van der Waals surface area contributed by atoms with E-state index in [-0.39, 0.29) is 5.82 Å². The van der Waals surface area contributed by atoms with Crippen molar-refractivity contribution in [2.45, 2.75) is 6.54 Å². The quantitative estimate of drug-likeness (QED) is 0.758. The van der Waals surface area contributed by atoms with Crippen molar-refractivity contribution in [1.29, 1.82) is 0 Å². The molecular weight excluding hydrogens is 309 g/mol. The standard InChI is InChI=1S/C14H11BrFN3/c15-10-5-12-13(6-11(10)16)19-14(18-12)9-3-1-2-8(4-9)7-17/h1-6H,7,17H2,(H,18,19). The smallest absolute Gasteiger partial charge is 0.139 e. The van der Waals surface area contributed by atoms with Crippen molar-refractivity contribution < 1.29 is 4.39 Å². The van der Waals surface area contributed by atoms with Crippen LogP contribution in [-0.4, -0.2) is 9.97 Å². The van der Waals surface area contributed by atoms with Gasteiger partial charge in [-0.1, -0.05) is 18.2 Å². The number of nitrogens with zero attached hydrogens (tertiary/aromatic N) is 1. The van der Waals surface area contributed by atoms with Crippen LogP contribution in [0.5, 0.6) is 0 Å². The number of H-pyrrole nitrogens is 1. The Hall–Kier alpha value is -1.72.